The standard InChI is InChI=1S/C20H19BrN2O8S/c21-17-16-15(11-31-32(28,29)14-8-6-13(7-9-14)23(26)27)22(18(17)19(16)24)20(25)30-10-12-4-2-1-3-5-12/h1-9,15-19,24H,10-11H2/t15-,16-,17-,18+,19+/m0/s1. The second-order valence-corrected chi connectivity index (χ2v) is 10.2. The molecule has 2 heterocycles. The molecule has 170 valence electrons. The quantitative estimate of drug-likeness (QED) is 0.251. The molecule has 2 saturated heterocycles. The monoisotopic (exact) mass is 526 g/mol. The van der Waals surface area contributed by atoms with E-state index in [1.165, 1.54) is 4.90 Å². The number of carbonyl (C=O) groups is 1. The fourth-order valence-electron chi connectivity index (χ4n) is 4.06. The van der Waals surface area contributed by atoms with Crippen LogP contribution in [0, 0.1) is 16.0 Å². The molecule has 3 aliphatic rings. The fourth-order valence-corrected chi connectivity index (χ4v) is 6.21. The van der Waals surface area contributed by atoms with E-state index in [1.807, 2.05) is 18.2 Å². The molecule has 0 unspecified atom stereocenters. The lowest BCUT2D eigenvalue weighted by atomic mass is 9.79. The molecule has 12 heteroatoms. The molecule has 1 amide bonds. The first-order chi connectivity index (χ1) is 15.2. The number of non-ortho nitro benzene ring substituents is 1. The minimum Gasteiger partial charge on any atom is -0.445 e. The molecule has 5 atom stereocenters. The van der Waals surface area contributed by atoms with E-state index in [2.05, 4.69) is 15.9 Å². The number of carbonyl (C=O) groups excluding carboxylic acids is 1. The van der Waals surface area contributed by atoms with E-state index in [0.717, 1.165) is 29.8 Å². The molecular formula is C20H19BrN2O8S. The minimum absolute atomic E-state index is 0.0330. The van der Waals surface area contributed by atoms with Crippen LogP contribution in [0.4, 0.5) is 10.5 Å². The van der Waals surface area contributed by atoms with Crippen molar-refractivity contribution >= 4 is 37.8 Å². The molecule has 32 heavy (non-hydrogen) atoms. The van der Waals surface area contributed by atoms with Crippen molar-refractivity contribution in [3.63, 3.8) is 0 Å². The van der Waals surface area contributed by atoms with Crippen molar-refractivity contribution in [3.05, 3.63) is 70.3 Å². The van der Waals surface area contributed by atoms with Crippen molar-refractivity contribution in [1.29, 1.82) is 0 Å². The van der Waals surface area contributed by atoms with Gasteiger partial charge in [-0.15, -0.1) is 0 Å². The van der Waals surface area contributed by atoms with E-state index in [0.29, 0.717) is 0 Å². The minimum atomic E-state index is -4.23. The summed E-state index contributed by atoms with van der Waals surface area (Å²) in [5.74, 6) is -0.420. The summed E-state index contributed by atoms with van der Waals surface area (Å²) in [5, 5.41) is 21.1. The maximum Gasteiger partial charge on any atom is 0.410 e. The maximum atomic E-state index is 12.8. The molecule has 0 spiro atoms. The molecule has 5 rings (SSSR count). The van der Waals surface area contributed by atoms with E-state index in [4.69, 9.17) is 8.92 Å². The van der Waals surface area contributed by atoms with Crippen molar-refractivity contribution in [2.75, 3.05) is 6.61 Å². The molecule has 1 saturated carbocycles. The zero-order valence-electron chi connectivity index (χ0n) is 16.5. The summed E-state index contributed by atoms with van der Waals surface area (Å²) in [6, 6.07) is 12.1. The Morgan fingerprint density at radius 1 is 1.16 bits per heavy atom. The number of halogens is 1. The Kier molecular flexibility index (Phi) is 6.21. The van der Waals surface area contributed by atoms with Gasteiger partial charge in [-0.25, -0.2) is 4.79 Å². The number of nitro benzene ring substituents is 1. The summed E-state index contributed by atoms with van der Waals surface area (Å²) < 4.78 is 35.6. The van der Waals surface area contributed by atoms with Crippen molar-refractivity contribution in [3.8, 4) is 0 Å². The average Bonchev–Trinajstić information content (AvgIpc) is 3.27. The van der Waals surface area contributed by atoms with Gasteiger partial charge in [-0.1, -0.05) is 46.3 Å². The number of amides is 1. The summed E-state index contributed by atoms with van der Waals surface area (Å²) in [6.45, 7) is -0.356. The average molecular weight is 527 g/mol. The van der Waals surface area contributed by atoms with E-state index in [9.17, 15) is 28.4 Å². The number of fused-ring (bicyclic) bond motifs is 1. The van der Waals surface area contributed by atoms with E-state index < -0.39 is 45.2 Å². The van der Waals surface area contributed by atoms with Gasteiger partial charge in [-0.2, -0.15) is 8.42 Å². The normalized spacial score (nSPS) is 26.4. The number of aliphatic hydroxyl groups is 1. The van der Waals surface area contributed by atoms with Crippen LogP contribution >= 0.6 is 15.9 Å². The third-order valence-corrected chi connectivity index (χ3v) is 8.16. The number of nitro groups is 1. The molecule has 10 nitrogen and oxygen atoms in total. The topological polar surface area (TPSA) is 136 Å². The smallest absolute Gasteiger partial charge is 0.410 e. The number of hydrogen-bond donors (Lipinski definition) is 1. The molecule has 2 bridgehead atoms. The predicted octanol–water partition coefficient (Wildman–Crippen LogP) is 2.44. The van der Waals surface area contributed by atoms with Gasteiger partial charge in [-0.3, -0.25) is 19.2 Å². The molecule has 3 fully saturated rings. The highest BCUT2D eigenvalue weighted by Gasteiger charge is 2.66. The van der Waals surface area contributed by atoms with Crippen molar-refractivity contribution in [1.82, 2.24) is 4.90 Å². The van der Waals surface area contributed by atoms with Crippen LogP contribution in [-0.2, 0) is 25.6 Å². The highest BCUT2D eigenvalue weighted by molar-refractivity contribution is 9.09. The molecule has 1 N–H and O–H groups in total. The lowest BCUT2D eigenvalue weighted by Crippen LogP contribution is -2.54. The van der Waals surface area contributed by atoms with Crippen LogP contribution in [0.3, 0.4) is 0 Å². The summed E-state index contributed by atoms with van der Waals surface area (Å²) in [6.07, 6.45) is -1.51. The van der Waals surface area contributed by atoms with Crippen molar-refractivity contribution in [2.45, 2.75) is 34.5 Å². The summed E-state index contributed by atoms with van der Waals surface area (Å²) in [7, 11) is -4.23. The number of aliphatic hydroxyl groups excluding tert-OH is 1. The summed E-state index contributed by atoms with van der Waals surface area (Å²) in [5.41, 5.74) is 0.537. The maximum absolute atomic E-state index is 12.8. The molecule has 2 aliphatic heterocycles. The zero-order valence-corrected chi connectivity index (χ0v) is 18.9. The zero-order chi connectivity index (χ0) is 23.0. The Morgan fingerprint density at radius 3 is 2.41 bits per heavy atom. The van der Waals surface area contributed by atoms with Crippen LogP contribution in [0.1, 0.15) is 5.56 Å². The van der Waals surface area contributed by atoms with Crippen LogP contribution in [0.2, 0.25) is 0 Å². The van der Waals surface area contributed by atoms with Crippen LogP contribution < -0.4 is 0 Å². The molecule has 2 aromatic rings. The Bertz CT molecular complexity index is 1100. The summed E-state index contributed by atoms with van der Waals surface area (Å²) >= 11 is 3.45. The van der Waals surface area contributed by atoms with Gasteiger partial charge in [-0.05, 0) is 17.7 Å². The second kappa shape index (κ2) is 8.77. The van der Waals surface area contributed by atoms with Gasteiger partial charge < -0.3 is 9.84 Å². The molecule has 0 radical (unpaired) electrons. The first-order valence-electron chi connectivity index (χ1n) is 9.66. The largest absolute Gasteiger partial charge is 0.445 e. The number of alkyl halides is 1. The number of rotatable bonds is 7. The van der Waals surface area contributed by atoms with Gasteiger partial charge in [0.2, 0.25) is 0 Å². The van der Waals surface area contributed by atoms with E-state index in [1.54, 1.807) is 12.1 Å². The third kappa shape index (κ3) is 4.10. The number of nitrogens with zero attached hydrogens (tertiary/aromatic N) is 2. The van der Waals surface area contributed by atoms with Gasteiger partial charge in [0.15, 0.2) is 0 Å². The summed E-state index contributed by atoms with van der Waals surface area (Å²) in [4.78, 5) is 23.7. The number of hydrogen-bond acceptors (Lipinski definition) is 8. The highest BCUT2D eigenvalue weighted by atomic mass is 79.9. The van der Waals surface area contributed by atoms with Crippen LogP contribution in [0.15, 0.2) is 59.5 Å². The van der Waals surface area contributed by atoms with Crippen molar-refractivity contribution < 1.29 is 32.2 Å². The van der Waals surface area contributed by atoms with Gasteiger partial charge >= 0.3 is 6.09 Å². The van der Waals surface area contributed by atoms with Gasteiger partial charge in [0.05, 0.1) is 34.6 Å². The lowest BCUT2D eigenvalue weighted by Gasteiger charge is -2.37. The SMILES string of the molecule is O=C(OCc1ccccc1)N1[C@H]2[C@H](O)[C@H]([C@@H]2Br)[C@@H]1COS(=O)(=O)c1ccc([N+](=O)[O-])cc1. The number of benzene rings is 2. The third-order valence-electron chi connectivity index (χ3n) is 5.71. The number of ether oxygens (including phenoxy) is 1. The Balaban J connectivity index is 1.45. The van der Waals surface area contributed by atoms with Gasteiger partial charge in [0.25, 0.3) is 15.8 Å². The van der Waals surface area contributed by atoms with E-state index >= 15 is 0 Å². The first kappa shape index (κ1) is 22.6. The predicted molar refractivity (Wildman–Crippen MR) is 114 cm³/mol. The van der Waals surface area contributed by atoms with Crippen LogP contribution in [0.25, 0.3) is 0 Å². The van der Waals surface area contributed by atoms with Crippen LogP contribution in [-0.4, -0.2) is 59.1 Å². The van der Waals surface area contributed by atoms with Crippen LogP contribution in [0.5, 0.6) is 0 Å². The Hall–Kier alpha value is -2.54. The van der Waals surface area contributed by atoms with Gasteiger partial charge in [0, 0.05) is 22.9 Å². The molecular weight excluding hydrogens is 508 g/mol. The first-order valence-corrected chi connectivity index (χ1v) is 12.0. The highest BCUT2D eigenvalue weighted by Crippen LogP contribution is 2.50. The molecule has 2 aromatic carbocycles. The molecule has 1 aliphatic carbocycles. The molecule has 0 aromatic heterocycles. The fraction of sp³-hybridized carbons (Fsp3) is 0.350. The van der Waals surface area contributed by atoms with Gasteiger partial charge in [0.1, 0.15) is 6.61 Å². The second-order valence-electron chi connectivity index (χ2n) is 7.51. The van der Waals surface area contributed by atoms with Crippen molar-refractivity contribution in [2.24, 2.45) is 5.92 Å². The Labute approximate surface area is 192 Å². The van der Waals surface area contributed by atoms with E-state index in [-0.39, 0.29) is 28.6 Å². The lowest BCUT2D eigenvalue weighted by molar-refractivity contribution is -0.384. The Morgan fingerprint density at radius 2 is 1.81 bits per heavy atom.